The molecule has 1 atom stereocenters. The Labute approximate surface area is 83.7 Å². The fourth-order valence-electron chi connectivity index (χ4n) is 1.08. The zero-order valence-corrected chi connectivity index (χ0v) is 8.45. The van der Waals surface area contributed by atoms with E-state index < -0.39 is 12.0 Å². The van der Waals surface area contributed by atoms with Gasteiger partial charge in [-0.2, -0.15) is 0 Å². The van der Waals surface area contributed by atoms with E-state index in [2.05, 4.69) is 5.32 Å². The molecule has 0 aromatic heterocycles. The van der Waals surface area contributed by atoms with Crippen LogP contribution >= 0.6 is 0 Å². The molecule has 0 aromatic carbocycles. The second-order valence-electron chi connectivity index (χ2n) is 3.14. The number of carbonyl (C=O) groups excluding carboxylic acids is 1. The van der Waals surface area contributed by atoms with Crippen molar-refractivity contribution in [1.29, 1.82) is 0 Å². The van der Waals surface area contributed by atoms with Crippen molar-refractivity contribution < 1.29 is 14.7 Å². The summed E-state index contributed by atoms with van der Waals surface area (Å²) in [6, 6.07) is -0.759. The Morgan fingerprint density at radius 3 is 2.57 bits per heavy atom. The summed E-state index contributed by atoms with van der Waals surface area (Å²) in [7, 11) is 0. The van der Waals surface area contributed by atoms with Gasteiger partial charge in [0.15, 0.2) is 0 Å². The number of nitrogens with two attached hydrogens (primary N) is 1. The lowest BCUT2D eigenvalue weighted by Gasteiger charge is -2.12. The van der Waals surface area contributed by atoms with Crippen LogP contribution in [0.5, 0.6) is 0 Å². The highest BCUT2D eigenvalue weighted by molar-refractivity contribution is 5.83. The lowest BCUT2D eigenvalue weighted by atomic mass is 10.1. The standard InChI is InChI=1S/C9H18N2O3/c1-2-4-7(9(13)14)11-8(12)5-3-6-10/h7H,2-6,10H2,1H3,(H,11,12)(H,13,14). The maximum absolute atomic E-state index is 11.2. The molecule has 0 spiro atoms. The predicted octanol–water partition coefficient (Wildman–Crippen LogP) is 0.0948. The van der Waals surface area contributed by atoms with Crippen LogP contribution in [0.2, 0.25) is 0 Å². The molecule has 1 amide bonds. The van der Waals surface area contributed by atoms with Gasteiger partial charge in [-0.1, -0.05) is 13.3 Å². The molecule has 0 radical (unpaired) electrons. The summed E-state index contributed by atoms with van der Waals surface area (Å²) in [6.45, 7) is 2.32. The molecule has 0 bridgehead atoms. The van der Waals surface area contributed by atoms with Gasteiger partial charge in [-0.3, -0.25) is 4.79 Å². The van der Waals surface area contributed by atoms with Crippen LogP contribution in [0.4, 0.5) is 0 Å². The Morgan fingerprint density at radius 1 is 1.50 bits per heavy atom. The highest BCUT2D eigenvalue weighted by Gasteiger charge is 2.17. The number of carboxylic acids is 1. The first-order valence-corrected chi connectivity index (χ1v) is 4.84. The fraction of sp³-hybridized carbons (Fsp3) is 0.778. The van der Waals surface area contributed by atoms with E-state index >= 15 is 0 Å². The summed E-state index contributed by atoms with van der Waals surface area (Å²) in [4.78, 5) is 21.8. The summed E-state index contributed by atoms with van der Waals surface area (Å²) in [5.41, 5.74) is 5.23. The number of hydrogen-bond donors (Lipinski definition) is 3. The molecule has 1 unspecified atom stereocenters. The Hall–Kier alpha value is -1.10. The highest BCUT2D eigenvalue weighted by Crippen LogP contribution is 1.98. The Balaban J connectivity index is 3.90. The maximum Gasteiger partial charge on any atom is 0.326 e. The molecular formula is C9H18N2O3. The van der Waals surface area contributed by atoms with Crippen LogP contribution < -0.4 is 11.1 Å². The molecule has 0 rings (SSSR count). The molecule has 0 aliphatic heterocycles. The number of carboxylic acid groups (broad SMARTS) is 1. The van der Waals surface area contributed by atoms with Gasteiger partial charge in [-0.25, -0.2) is 4.79 Å². The molecule has 0 aliphatic rings. The van der Waals surface area contributed by atoms with Gasteiger partial charge < -0.3 is 16.2 Å². The van der Waals surface area contributed by atoms with Crippen LogP contribution in [-0.2, 0) is 9.59 Å². The van der Waals surface area contributed by atoms with Crippen molar-refractivity contribution in [3.63, 3.8) is 0 Å². The number of hydrogen-bond acceptors (Lipinski definition) is 3. The zero-order chi connectivity index (χ0) is 11.0. The second-order valence-corrected chi connectivity index (χ2v) is 3.14. The van der Waals surface area contributed by atoms with Gasteiger partial charge >= 0.3 is 5.97 Å². The van der Waals surface area contributed by atoms with Gasteiger partial charge in [0.25, 0.3) is 0 Å². The summed E-state index contributed by atoms with van der Waals surface area (Å²) in [5.74, 6) is -1.22. The van der Waals surface area contributed by atoms with Gasteiger partial charge in [0.05, 0.1) is 0 Å². The van der Waals surface area contributed by atoms with Crippen molar-refractivity contribution in [1.82, 2.24) is 5.32 Å². The predicted molar refractivity (Wildman–Crippen MR) is 52.8 cm³/mol. The molecule has 0 saturated heterocycles. The molecule has 0 aliphatic carbocycles. The van der Waals surface area contributed by atoms with Crippen molar-refractivity contribution in [2.75, 3.05) is 6.54 Å². The van der Waals surface area contributed by atoms with Gasteiger partial charge in [0.1, 0.15) is 6.04 Å². The summed E-state index contributed by atoms with van der Waals surface area (Å²) >= 11 is 0. The fourth-order valence-corrected chi connectivity index (χ4v) is 1.08. The number of nitrogens with one attached hydrogen (secondary N) is 1. The van der Waals surface area contributed by atoms with E-state index in [1.54, 1.807) is 0 Å². The first-order valence-electron chi connectivity index (χ1n) is 4.84. The van der Waals surface area contributed by atoms with E-state index in [1.807, 2.05) is 6.92 Å². The lowest BCUT2D eigenvalue weighted by Crippen LogP contribution is -2.40. The average Bonchev–Trinajstić information content (AvgIpc) is 2.14. The van der Waals surface area contributed by atoms with Crippen LogP contribution in [-0.4, -0.2) is 29.6 Å². The monoisotopic (exact) mass is 202 g/mol. The Morgan fingerprint density at radius 2 is 2.14 bits per heavy atom. The van der Waals surface area contributed by atoms with E-state index in [4.69, 9.17) is 10.8 Å². The number of rotatable bonds is 7. The molecule has 0 saturated carbocycles. The molecule has 0 aromatic rings. The van der Waals surface area contributed by atoms with Crippen LogP contribution in [0, 0.1) is 0 Å². The number of amides is 1. The number of carbonyl (C=O) groups is 2. The van der Waals surface area contributed by atoms with E-state index in [0.29, 0.717) is 25.8 Å². The average molecular weight is 202 g/mol. The van der Waals surface area contributed by atoms with Crippen molar-refractivity contribution >= 4 is 11.9 Å². The molecule has 0 fully saturated rings. The largest absolute Gasteiger partial charge is 0.480 e. The molecule has 5 heteroatoms. The van der Waals surface area contributed by atoms with Crippen molar-refractivity contribution in [2.24, 2.45) is 5.73 Å². The first-order chi connectivity index (χ1) is 6.61. The minimum absolute atomic E-state index is 0.240. The highest BCUT2D eigenvalue weighted by atomic mass is 16.4. The SMILES string of the molecule is CCCC(NC(=O)CCCN)C(=O)O. The van der Waals surface area contributed by atoms with Crippen molar-refractivity contribution in [3.05, 3.63) is 0 Å². The van der Waals surface area contributed by atoms with Gasteiger partial charge in [0.2, 0.25) is 5.91 Å². The van der Waals surface area contributed by atoms with Crippen LogP contribution in [0.15, 0.2) is 0 Å². The topological polar surface area (TPSA) is 92.4 Å². The van der Waals surface area contributed by atoms with E-state index in [0.717, 1.165) is 6.42 Å². The Kier molecular flexibility index (Phi) is 6.74. The molecule has 4 N–H and O–H groups in total. The second kappa shape index (κ2) is 7.32. The minimum Gasteiger partial charge on any atom is -0.480 e. The van der Waals surface area contributed by atoms with E-state index in [1.165, 1.54) is 0 Å². The smallest absolute Gasteiger partial charge is 0.326 e. The van der Waals surface area contributed by atoms with E-state index in [9.17, 15) is 9.59 Å². The molecule has 5 nitrogen and oxygen atoms in total. The van der Waals surface area contributed by atoms with Crippen molar-refractivity contribution in [2.45, 2.75) is 38.6 Å². The third-order valence-electron chi connectivity index (χ3n) is 1.82. The summed E-state index contributed by atoms with van der Waals surface area (Å²) < 4.78 is 0. The summed E-state index contributed by atoms with van der Waals surface area (Å²) in [6.07, 6.45) is 2.08. The van der Waals surface area contributed by atoms with Crippen LogP contribution in [0.3, 0.4) is 0 Å². The summed E-state index contributed by atoms with van der Waals surface area (Å²) in [5, 5.41) is 11.2. The number of aliphatic carboxylic acids is 1. The Bertz CT molecular complexity index is 194. The third-order valence-corrected chi connectivity index (χ3v) is 1.82. The normalized spacial score (nSPS) is 12.1. The molecular weight excluding hydrogens is 184 g/mol. The lowest BCUT2D eigenvalue weighted by molar-refractivity contribution is -0.142. The quantitative estimate of drug-likeness (QED) is 0.545. The molecule has 14 heavy (non-hydrogen) atoms. The maximum atomic E-state index is 11.2. The van der Waals surface area contributed by atoms with Gasteiger partial charge in [-0.05, 0) is 19.4 Å². The molecule has 82 valence electrons. The van der Waals surface area contributed by atoms with Gasteiger partial charge in [-0.15, -0.1) is 0 Å². The minimum atomic E-state index is -0.979. The first kappa shape index (κ1) is 12.9. The van der Waals surface area contributed by atoms with Crippen LogP contribution in [0.1, 0.15) is 32.6 Å². The van der Waals surface area contributed by atoms with Crippen molar-refractivity contribution in [3.8, 4) is 0 Å². The van der Waals surface area contributed by atoms with Crippen LogP contribution in [0.25, 0.3) is 0 Å². The zero-order valence-electron chi connectivity index (χ0n) is 8.45. The van der Waals surface area contributed by atoms with Gasteiger partial charge in [0, 0.05) is 6.42 Å². The van der Waals surface area contributed by atoms with E-state index in [-0.39, 0.29) is 5.91 Å². The third kappa shape index (κ3) is 5.53. The molecule has 0 heterocycles.